The second kappa shape index (κ2) is 9.59. The molecule has 1 aliphatic rings. The van der Waals surface area contributed by atoms with E-state index in [1.807, 2.05) is 61.6 Å². The molecule has 0 atom stereocenters. The predicted octanol–water partition coefficient (Wildman–Crippen LogP) is 5.00. The van der Waals surface area contributed by atoms with Crippen molar-refractivity contribution >= 4 is 29.0 Å². The number of rotatable bonds is 6. The molecule has 5 rings (SSSR count). The van der Waals surface area contributed by atoms with Crippen molar-refractivity contribution in [3.63, 3.8) is 0 Å². The first-order valence-electron chi connectivity index (χ1n) is 11.0. The van der Waals surface area contributed by atoms with Crippen LogP contribution in [-0.4, -0.2) is 32.8 Å². The third-order valence-corrected chi connectivity index (χ3v) is 5.92. The molecular weight excluding hydrogens is 448 g/mol. The Bertz CT molecular complexity index is 1310. The van der Waals surface area contributed by atoms with Gasteiger partial charge in [-0.3, -0.25) is 14.7 Å². The molecule has 34 heavy (non-hydrogen) atoms. The maximum atomic E-state index is 12.6. The maximum absolute atomic E-state index is 12.6. The lowest BCUT2D eigenvalue weighted by Crippen LogP contribution is -2.16. The van der Waals surface area contributed by atoms with E-state index in [1.165, 1.54) is 0 Å². The Morgan fingerprint density at radius 2 is 1.79 bits per heavy atom. The van der Waals surface area contributed by atoms with Crippen molar-refractivity contribution in [2.45, 2.75) is 19.6 Å². The fourth-order valence-corrected chi connectivity index (χ4v) is 4.10. The van der Waals surface area contributed by atoms with Crippen molar-refractivity contribution in [2.24, 2.45) is 0 Å². The summed E-state index contributed by atoms with van der Waals surface area (Å²) in [5.74, 6) is 1.29. The number of amides is 1. The number of hydrogen-bond donors (Lipinski definition) is 2. The molecule has 0 saturated heterocycles. The van der Waals surface area contributed by atoms with Crippen molar-refractivity contribution in [3.8, 4) is 11.4 Å². The van der Waals surface area contributed by atoms with E-state index in [-0.39, 0.29) is 5.91 Å². The van der Waals surface area contributed by atoms with Gasteiger partial charge in [0.25, 0.3) is 5.91 Å². The van der Waals surface area contributed by atoms with Crippen LogP contribution in [0.25, 0.3) is 11.4 Å². The largest absolute Gasteiger partial charge is 0.373 e. The van der Waals surface area contributed by atoms with Crippen LogP contribution in [0.5, 0.6) is 0 Å². The molecule has 4 aromatic rings. The van der Waals surface area contributed by atoms with Crippen LogP contribution in [0.15, 0.2) is 72.9 Å². The van der Waals surface area contributed by atoms with Gasteiger partial charge in [0.05, 0.1) is 16.4 Å². The van der Waals surface area contributed by atoms with E-state index in [4.69, 9.17) is 21.6 Å². The Hall–Kier alpha value is -3.81. The lowest BCUT2D eigenvalue weighted by molar-refractivity contribution is 0.102. The first kappa shape index (κ1) is 22.0. The zero-order valence-corrected chi connectivity index (χ0v) is 19.4. The Labute approximate surface area is 202 Å². The van der Waals surface area contributed by atoms with E-state index in [2.05, 4.69) is 20.5 Å². The smallest absolute Gasteiger partial charge is 0.255 e. The summed E-state index contributed by atoms with van der Waals surface area (Å²) < 4.78 is 0. The number of hydrogen-bond acceptors (Lipinski definition) is 6. The fraction of sp³-hybridized carbons (Fsp3) is 0.154. The SMILES string of the molecule is CNc1nc(-c2ccc(C(=O)Nc3ccccc3)cc2)nc2c1CN(Cc1ccc(Cl)cn1)C2. The van der Waals surface area contributed by atoms with E-state index in [9.17, 15) is 4.79 Å². The number of nitrogens with zero attached hydrogens (tertiary/aromatic N) is 4. The summed E-state index contributed by atoms with van der Waals surface area (Å²) in [6, 6.07) is 20.5. The van der Waals surface area contributed by atoms with Crippen molar-refractivity contribution < 1.29 is 4.79 Å². The molecule has 1 amide bonds. The van der Waals surface area contributed by atoms with Gasteiger partial charge in [0.2, 0.25) is 0 Å². The predicted molar refractivity (Wildman–Crippen MR) is 134 cm³/mol. The number of para-hydroxylation sites is 1. The second-order valence-electron chi connectivity index (χ2n) is 8.08. The van der Waals surface area contributed by atoms with Crippen LogP contribution < -0.4 is 10.6 Å². The third-order valence-electron chi connectivity index (χ3n) is 5.70. The molecule has 0 spiro atoms. The number of benzene rings is 2. The molecule has 0 saturated carbocycles. The number of anilines is 2. The highest BCUT2D eigenvalue weighted by atomic mass is 35.5. The van der Waals surface area contributed by atoms with Crippen LogP contribution in [0.2, 0.25) is 5.02 Å². The number of carbonyl (C=O) groups is 1. The van der Waals surface area contributed by atoms with Crippen LogP contribution in [0.3, 0.4) is 0 Å². The Morgan fingerprint density at radius 3 is 2.50 bits per heavy atom. The molecule has 3 heterocycles. The molecule has 0 unspecified atom stereocenters. The Kier molecular flexibility index (Phi) is 6.20. The van der Waals surface area contributed by atoms with Gasteiger partial charge >= 0.3 is 0 Å². The topological polar surface area (TPSA) is 83.0 Å². The summed E-state index contributed by atoms with van der Waals surface area (Å²) in [6.45, 7) is 2.16. The van der Waals surface area contributed by atoms with Gasteiger partial charge in [-0.25, -0.2) is 9.97 Å². The van der Waals surface area contributed by atoms with Crippen molar-refractivity contribution in [1.29, 1.82) is 0 Å². The summed E-state index contributed by atoms with van der Waals surface area (Å²) >= 11 is 5.96. The molecule has 2 aromatic carbocycles. The molecule has 2 aromatic heterocycles. The molecule has 0 bridgehead atoms. The summed E-state index contributed by atoms with van der Waals surface area (Å²) in [6.07, 6.45) is 1.67. The summed E-state index contributed by atoms with van der Waals surface area (Å²) in [5.41, 5.74) is 5.24. The molecule has 0 radical (unpaired) electrons. The van der Waals surface area contributed by atoms with Crippen molar-refractivity contribution in [1.82, 2.24) is 19.9 Å². The average Bonchev–Trinajstić information content (AvgIpc) is 3.28. The van der Waals surface area contributed by atoms with Gasteiger partial charge in [0, 0.05) is 55.3 Å². The molecule has 0 aliphatic carbocycles. The van der Waals surface area contributed by atoms with E-state index < -0.39 is 0 Å². The highest BCUT2D eigenvalue weighted by Gasteiger charge is 2.25. The van der Waals surface area contributed by atoms with E-state index >= 15 is 0 Å². The summed E-state index contributed by atoms with van der Waals surface area (Å²) in [4.78, 5) is 28.8. The number of carbonyl (C=O) groups excluding carboxylic acids is 1. The van der Waals surface area contributed by atoms with Crippen LogP contribution in [-0.2, 0) is 19.6 Å². The number of halogens is 1. The highest BCUT2D eigenvalue weighted by Crippen LogP contribution is 2.30. The third kappa shape index (κ3) is 4.76. The first-order chi connectivity index (χ1) is 16.6. The number of fused-ring (bicyclic) bond motifs is 1. The first-order valence-corrected chi connectivity index (χ1v) is 11.3. The van der Waals surface area contributed by atoms with Crippen LogP contribution in [0.4, 0.5) is 11.5 Å². The van der Waals surface area contributed by atoms with Gasteiger partial charge < -0.3 is 10.6 Å². The molecule has 7 nitrogen and oxygen atoms in total. The number of nitrogens with one attached hydrogen (secondary N) is 2. The normalized spacial score (nSPS) is 12.9. The van der Waals surface area contributed by atoms with E-state index in [0.29, 0.717) is 29.5 Å². The average molecular weight is 471 g/mol. The van der Waals surface area contributed by atoms with E-state index in [0.717, 1.165) is 40.6 Å². The molecule has 8 heteroatoms. The monoisotopic (exact) mass is 470 g/mol. The van der Waals surface area contributed by atoms with E-state index in [1.54, 1.807) is 18.3 Å². The molecule has 2 N–H and O–H groups in total. The summed E-state index contributed by atoms with van der Waals surface area (Å²) in [7, 11) is 1.87. The van der Waals surface area contributed by atoms with Crippen LogP contribution in [0, 0.1) is 0 Å². The fourth-order valence-electron chi connectivity index (χ4n) is 3.99. The van der Waals surface area contributed by atoms with Gasteiger partial charge in [-0.2, -0.15) is 0 Å². The van der Waals surface area contributed by atoms with Crippen LogP contribution >= 0.6 is 11.6 Å². The summed E-state index contributed by atoms with van der Waals surface area (Å²) in [5, 5.41) is 6.74. The minimum absolute atomic E-state index is 0.157. The van der Waals surface area contributed by atoms with Gasteiger partial charge in [-0.1, -0.05) is 41.9 Å². The lowest BCUT2D eigenvalue weighted by atomic mass is 10.1. The Balaban J connectivity index is 1.33. The molecule has 170 valence electrons. The standard InChI is InChI=1S/C26H23ClN6O/c1-28-25-22-15-33(14-21-12-11-19(27)13-29-21)16-23(22)31-24(32-25)17-7-9-18(10-8-17)26(34)30-20-5-3-2-4-6-20/h2-13H,14-16H2,1H3,(H,30,34)(H,28,31,32). The highest BCUT2D eigenvalue weighted by molar-refractivity contribution is 6.30. The molecular formula is C26H23ClN6O. The van der Waals surface area contributed by atoms with Crippen molar-refractivity contribution in [2.75, 3.05) is 17.7 Å². The number of pyridine rings is 1. The van der Waals surface area contributed by atoms with Gasteiger partial charge in [-0.05, 0) is 36.4 Å². The van der Waals surface area contributed by atoms with Crippen molar-refractivity contribution in [3.05, 3.63) is 100 Å². The Morgan fingerprint density at radius 1 is 1.00 bits per heavy atom. The zero-order valence-electron chi connectivity index (χ0n) is 18.6. The lowest BCUT2D eigenvalue weighted by Gasteiger charge is -2.13. The quantitative estimate of drug-likeness (QED) is 0.412. The maximum Gasteiger partial charge on any atom is 0.255 e. The minimum atomic E-state index is -0.157. The minimum Gasteiger partial charge on any atom is -0.373 e. The molecule has 1 aliphatic heterocycles. The van der Waals surface area contributed by atoms with Gasteiger partial charge in [0.15, 0.2) is 5.82 Å². The van der Waals surface area contributed by atoms with Gasteiger partial charge in [-0.15, -0.1) is 0 Å². The zero-order chi connectivity index (χ0) is 23.5. The van der Waals surface area contributed by atoms with Gasteiger partial charge in [0.1, 0.15) is 5.82 Å². The number of aromatic nitrogens is 3. The molecule has 0 fully saturated rings. The second-order valence-corrected chi connectivity index (χ2v) is 8.52. The van der Waals surface area contributed by atoms with Crippen LogP contribution in [0.1, 0.15) is 27.3 Å².